The van der Waals surface area contributed by atoms with Gasteiger partial charge in [-0.3, -0.25) is 0 Å². The number of ether oxygens (including phenoxy) is 2. The van der Waals surface area contributed by atoms with Crippen molar-refractivity contribution in [3.8, 4) is 5.75 Å². The molecule has 1 aliphatic carbocycles. The molecule has 2 rings (SSSR count). The zero-order valence-electron chi connectivity index (χ0n) is 12.0. The Labute approximate surface area is 115 Å². The van der Waals surface area contributed by atoms with Gasteiger partial charge >= 0.3 is 0 Å². The first kappa shape index (κ1) is 14.1. The predicted octanol–water partition coefficient (Wildman–Crippen LogP) is 3.21. The molecule has 3 heteroatoms. The largest absolute Gasteiger partial charge is 0.496 e. The maximum absolute atomic E-state index is 5.36. The summed E-state index contributed by atoms with van der Waals surface area (Å²) in [6, 6.07) is 7.23. The summed E-state index contributed by atoms with van der Waals surface area (Å²) in [5.74, 6) is 0.889. The van der Waals surface area contributed by atoms with Gasteiger partial charge in [-0.25, -0.2) is 0 Å². The van der Waals surface area contributed by atoms with Crippen LogP contribution in [0.2, 0.25) is 0 Å². The number of hydrogen-bond donors (Lipinski definition) is 1. The van der Waals surface area contributed by atoms with Crippen LogP contribution >= 0.6 is 0 Å². The molecule has 0 fully saturated rings. The average Bonchev–Trinajstić information content (AvgIpc) is 2.92. The summed E-state index contributed by atoms with van der Waals surface area (Å²) in [7, 11) is 3.40. The van der Waals surface area contributed by atoms with Crippen molar-refractivity contribution in [3.63, 3.8) is 0 Å². The van der Waals surface area contributed by atoms with E-state index in [1.165, 1.54) is 5.56 Å². The molecule has 3 nitrogen and oxygen atoms in total. The van der Waals surface area contributed by atoms with E-state index in [0.29, 0.717) is 18.7 Å². The van der Waals surface area contributed by atoms with Gasteiger partial charge in [0.05, 0.1) is 13.7 Å². The van der Waals surface area contributed by atoms with Crippen LogP contribution in [0.4, 0.5) is 0 Å². The van der Waals surface area contributed by atoms with Crippen molar-refractivity contribution < 1.29 is 9.47 Å². The molecule has 0 spiro atoms. The van der Waals surface area contributed by atoms with Crippen LogP contribution in [0.3, 0.4) is 0 Å². The Kier molecular flexibility index (Phi) is 5.00. The molecular formula is C16H23NO2. The van der Waals surface area contributed by atoms with Crippen molar-refractivity contribution in [2.45, 2.75) is 38.5 Å². The molecule has 1 aromatic rings. The topological polar surface area (TPSA) is 30.5 Å². The molecule has 1 unspecified atom stereocenters. The minimum Gasteiger partial charge on any atom is -0.496 e. The molecule has 1 atom stereocenters. The second-order valence-electron chi connectivity index (χ2n) is 5.03. The second-order valence-corrected chi connectivity index (χ2v) is 5.03. The fourth-order valence-corrected chi connectivity index (χ4v) is 2.54. The van der Waals surface area contributed by atoms with Crippen LogP contribution in [0.15, 0.2) is 30.4 Å². The number of hydrogen-bond acceptors (Lipinski definition) is 3. The molecule has 1 N–H and O–H groups in total. The summed E-state index contributed by atoms with van der Waals surface area (Å²) < 4.78 is 10.6. The van der Waals surface area contributed by atoms with Crippen LogP contribution in [0.1, 0.15) is 36.9 Å². The molecule has 0 radical (unpaired) electrons. The van der Waals surface area contributed by atoms with Gasteiger partial charge in [0, 0.05) is 24.8 Å². The Morgan fingerprint density at radius 2 is 2.00 bits per heavy atom. The summed E-state index contributed by atoms with van der Waals surface area (Å²) in [5.41, 5.74) is 2.38. The van der Waals surface area contributed by atoms with Crippen LogP contribution < -0.4 is 10.1 Å². The first-order valence-corrected chi connectivity index (χ1v) is 6.81. The van der Waals surface area contributed by atoms with Crippen molar-refractivity contribution in [1.29, 1.82) is 0 Å². The summed E-state index contributed by atoms with van der Waals surface area (Å²) in [6.45, 7) is 2.78. The lowest BCUT2D eigenvalue weighted by Gasteiger charge is -2.21. The molecule has 0 saturated heterocycles. The predicted molar refractivity (Wildman–Crippen MR) is 77.4 cm³/mol. The van der Waals surface area contributed by atoms with E-state index in [1.807, 2.05) is 6.07 Å². The molecule has 0 saturated carbocycles. The zero-order chi connectivity index (χ0) is 13.7. The van der Waals surface area contributed by atoms with Crippen LogP contribution in [0.25, 0.3) is 0 Å². The van der Waals surface area contributed by atoms with E-state index in [0.717, 1.165) is 24.2 Å². The number of methoxy groups -OCH3 is 2. The van der Waals surface area contributed by atoms with E-state index in [4.69, 9.17) is 9.47 Å². The highest BCUT2D eigenvalue weighted by Gasteiger charge is 2.15. The van der Waals surface area contributed by atoms with Crippen molar-refractivity contribution in [2.75, 3.05) is 14.2 Å². The van der Waals surface area contributed by atoms with Gasteiger partial charge in [0.15, 0.2) is 0 Å². The van der Waals surface area contributed by atoms with Crippen molar-refractivity contribution >= 4 is 0 Å². The van der Waals surface area contributed by atoms with Crippen molar-refractivity contribution in [1.82, 2.24) is 5.32 Å². The van der Waals surface area contributed by atoms with Gasteiger partial charge in [-0.2, -0.15) is 0 Å². The summed E-state index contributed by atoms with van der Waals surface area (Å²) in [6.07, 6.45) is 6.75. The highest BCUT2D eigenvalue weighted by atomic mass is 16.5. The van der Waals surface area contributed by atoms with Gasteiger partial charge in [-0.15, -0.1) is 0 Å². The fourth-order valence-electron chi connectivity index (χ4n) is 2.54. The first-order chi connectivity index (χ1) is 9.24. The van der Waals surface area contributed by atoms with Gasteiger partial charge in [0.1, 0.15) is 5.75 Å². The summed E-state index contributed by atoms with van der Waals surface area (Å²) in [5, 5.41) is 3.66. The lowest BCUT2D eigenvalue weighted by atomic mass is 10.0. The molecule has 0 amide bonds. The third-order valence-electron chi connectivity index (χ3n) is 3.60. The molecular weight excluding hydrogens is 238 g/mol. The van der Waals surface area contributed by atoms with E-state index < -0.39 is 0 Å². The zero-order valence-corrected chi connectivity index (χ0v) is 12.0. The van der Waals surface area contributed by atoms with E-state index in [-0.39, 0.29) is 0 Å². The maximum Gasteiger partial charge on any atom is 0.124 e. The molecule has 1 aliphatic rings. The molecule has 0 aromatic heterocycles. The summed E-state index contributed by atoms with van der Waals surface area (Å²) in [4.78, 5) is 0. The first-order valence-electron chi connectivity index (χ1n) is 6.81. The van der Waals surface area contributed by atoms with Crippen LogP contribution in [0, 0.1) is 0 Å². The Bertz CT molecular complexity index is 434. The van der Waals surface area contributed by atoms with Crippen molar-refractivity contribution in [3.05, 3.63) is 41.5 Å². The lowest BCUT2D eigenvalue weighted by molar-refractivity contribution is 0.181. The Hall–Kier alpha value is -1.32. The van der Waals surface area contributed by atoms with Crippen LogP contribution in [0.5, 0.6) is 5.75 Å². The SMILES string of the molecule is COCc1cc(C(C)NC2CC=CC2)ccc1OC. The van der Waals surface area contributed by atoms with E-state index >= 15 is 0 Å². The number of benzene rings is 1. The molecule has 1 aromatic carbocycles. The van der Waals surface area contributed by atoms with Crippen LogP contribution in [-0.4, -0.2) is 20.3 Å². The minimum atomic E-state index is 0.339. The summed E-state index contributed by atoms with van der Waals surface area (Å²) >= 11 is 0. The highest BCUT2D eigenvalue weighted by Crippen LogP contribution is 2.25. The minimum absolute atomic E-state index is 0.339. The average molecular weight is 261 g/mol. The quantitative estimate of drug-likeness (QED) is 0.798. The Balaban J connectivity index is 2.07. The Morgan fingerprint density at radius 1 is 1.26 bits per heavy atom. The van der Waals surface area contributed by atoms with E-state index in [9.17, 15) is 0 Å². The van der Waals surface area contributed by atoms with Crippen LogP contribution in [-0.2, 0) is 11.3 Å². The van der Waals surface area contributed by atoms with Gasteiger partial charge in [0.2, 0.25) is 0 Å². The van der Waals surface area contributed by atoms with Gasteiger partial charge in [-0.1, -0.05) is 18.2 Å². The molecule has 0 aliphatic heterocycles. The molecule has 104 valence electrons. The van der Waals surface area contributed by atoms with Gasteiger partial charge in [0.25, 0.3) is 0 Å². The lowest BCUT2D eigenvalue weighted by Crippen LogP contribution is -2.29. The molecule has 19 heavy (non-hydrogen) atoms. The number of nitrogens with one attached hydrogen (secondary N) is 1. The second kappa shape index (κ2) is 6.73. The number of rotatable bonds is 6. The van der Waals surface area contributed by atoms with Crippen molar-refractivity contribution in [2.24, 2.45) is 0 Å². The van der Waals surface area contributed by atoms with E-state index in [1.54, 1.807) is 14.2 Å². The van der Waals surface area contributed by atoms with Gasteiger partial charge < -0.3 is 14.8 Å². The standard InChI is InChI=1S/C16H23NO2/c1-12(17-15-6-4-5-7-15)13-8-9-16(19-3)14(10-13)11-18-2/h4-5,8-10,12,15,17H,6-7,11H2,1-3H3. The normalized spacial score (nSPS) is 16.8. The smallest absolute Gasteiger partial charge is 0.124 e. The maximum atomic E-state index is 5.36. The fraction of sp³-hybridized carbons (Fsp3) is 0.500. The molecule has 0 heterocycles. The molecule has 0 bridgehead atoms. The monoisotopic (exact) mass is 261 g/mol. The third-order valence-corrected chi connectivity index (χ3v) is 3.60. The van der Waals surface area contributed by atoms with Gasteiger partial charge in [-0.05, 0) is 37.5 Å². The third kappa shape index (κ3) is 3.58. The highest BCUT2D eigenvalue weighted by molar-refractivity contribution is 5.38. The Morgan fingerprint density at radius 3 is 2.63 bits per heavy atom. The van der Waals surface area contributed by atoms with E-state index in [2.05, 4.69) is 36.5 Å².